The Morgan fingerprint density at radius 1 is 0.952 bits per heavy atom. The zero-order valence-corrected chi connectivity index (χ0v) is 12.9. The van der Waals surface area contributed by atoms with Gasteiger partial charge in [-0.1, -0.05) is 38.1 Å². The third kappa shape index (κ3) is 2.69. The summed E-state index contributed by atoms with van der Waals surface area (Å²) >= 11 is 0. The number of nitriles is 2. The Balaban J connectivity index is 2.54. The minimum absolute atomic E-state index is 0.262. The first-order chi connectivity index (χ1) is 9.99. The van der Waals surface area contributed by atoms with Crippen LogP contribution < -0.4 is 5.32 Å². The van der Waals surface area contributed by atoms with Crippen LogP contribution in [0.3, 0.4) is 0 Å². The van der Waals surface area contributed by atoms with E-state index in [2.05, 4.69) is 43.4 Å². The molecule has 1 heterocycles. The lowest BCUT2D eigenvalue weighted by atomic mass is 9.81. The van der Waals surface area contributed by atoms with Crippen LogP contribution in [-0.4, -0.2) is 0 Å². The third-order valence-electron chi connectivity index (χ3n) is 3.94. The first kappa shape index (κ1) is 14.9. The van der Waals surface area contributed by atoms with Gasteiger partial charge in [0.15, 0.2) is 0 Å². The molecule has 0 unspecified atom stereocenters. The van der Waals surface area contributed by atoms with E-state index in [1.54, 1.807) is 0 Å². The summed E-state index contributed by atoms with van der Waals surface area (Å²) in [5.41, 5.74) is 5.14. The van der Waals surface area contributed by atoms with E-state index in [-0.39, 0.29) is 5.92 Å². The lowest BCUT2D eigenvalue weighted by molar-refractivity contribution is 0.811. The van der Waals surface area contributed by atoms with Crippen LogP contribution in [0.2, 0.25) is 0 Å². The molecule has 0 fully saturated rings. The average Bonchev–Trinajstić information content (AvgIpc) is 2.46. The third-order valence-corrected chi connectivity index (χ3v) is 3.94. The van der Waals surface area contributed by atoms with Crippen LogP contribution in [0.1, 0.15) is 50.7 Å². The van der Waals surface area contributed by atoms with E-state index in [9.17, 15) is 10.5 Å². The molecular formula is C18H19N3. The highest BCUT2D eigenvalue weighted by atomic mass is 14.9. The number of allylic oxidation sites excluding steroid dienone is 4. The smallest absolute Gasteiger partial charge is 0.0975 e. The highest BCUT2D eigenvalue weighted by Crippen LogP contribution is 2.37. The van der Waals surface area contributed by atoms with Gasteiger partial charge in [-0.25, -0.2) is 0 Å². The van der Waals surface area contributed by atoms with E-state index in [0.29, 0.717) is 17.1 Å². The van der Waals surface area contributed by atoms with E-state index in [1.807, 2.05) is 26.0 Å². The van der Waals surface area contributed by atoms with E-state index in [1.165, 1.54) is 5.56 Å². The normalized spacial score (nSPS) is 15.8. The fourth-order valence-corrected chi connectivity index (χ4v) is 2.70. The Labute approximate surface area is 126 Å². The number of benzene rings is 1. The van der Waals surface area contributed by atoms with Crippen LogP contribution in [0.25, 0.3) is 0 Å². The number of nitrogens with one attached hydrogen (secondary N) is 1. The zero-order chi connectivity index (χ0) is 15.6. The van der Waals surface area contributed by atoms with Crippen molar-refractivity contribution in [1.82, 2.24) is 5.32 Å². The maximum absolute atomic E-state index is 9.46. The molecule has 3 heteroatoms. The largest absolute Gasteiger partial charge is 0.361 e. The summed E-state index contributed by atoms with van der Waals surface area (Å²) in [6.45, 7) is 8.06. The summed E-state index contributed by atoms with van der Waals surface area (Å²) in [5.74, 6) is 0.204. The molecule has 3 nitrogen and oxygen atoms in total. The second-order valence-corrected chi connectivity index (χ2v) is 5.68. The second-order valence-electron chi connectivity index (χ2n) is 5.68. The maximum Gasteiger partial charge on any atom is 0.0975 e. The maximum atomic E-state index is 9.46. The van der Waals surface area contributed by atoms with E-state index in [0.717, 1.165) is 17.0 Å². The Kier molecular flexibility index (Phi) is 4.15. The second kappa shape index (κ2) is 5.85. The number of hydrogen-bond donors (Lipinski definition) is 1. The van der Waals surface area contributed by atoms with Crippen molar-refractivity contribution in [3.05, 3.63) is 57.9 Å². The molecule has 1 aromatic carbocycles. The summed E-state index contributed by atoms with van der Waals surface area (Å²) in [4.78, 5) is 0. The summed E-state index contributed by atoms with van der Waals surface area (Å²) in [6.07, 6.45) is 0. The Morgan fingerprint density at radius 3 is 1.81 bits per heavy atom. The van der Waals surface area contributed by atoms with Crippen LogP contribution in [-0.2, 0) is 0 Å². The van der Waals surface area contributed by atoms with Crippen LogP contribution in [0, 0.1) is 22.7 Å². The molecule has 0 spiro atoms. The molecule has 1 N–H and O–H groups in total. The molecule has 1 aliphatic heterocycles. The quantitative estimate of drug-likeness (QED) is 0.885. The summed E-state index contributed by atoms with van der Waals surface area (Å²) in [6, 6.07) is 12.7. The van der Waals surface area contributed by atoms with E-state index >= 15 is 0 Å². The Bertz CT molecular complexity index is 655. The summed E-state index contributed by atoms with van der Waals surface area (Å²) < 4.78 is 0. The molecular weight excluding hydrogens is 258 g/mol. The van der Waals surface area contributed by atoms with Crippen molar-refractivity contribution in [2.75, 3.05) is 0 Å². The summed E-state index contributed by atoms with van der Waals surface area (Å²) in [5, 5.41) is 22.0. The Hall–Kier alpha value is -2.52. The van der Waals surface area contributed by atoms with Gasteiger partial charge in [-0.3, -0.25) is 0 Å². The van der Waals surface area contributed by atoms with Crippen molar-refractivity contribution in [2.24, 2.45) is 0 Å². The van der Waals surface area contributed by atoms with Gasteiger partial charge in [0.2, 0.25) is 0 Å². The lowest BCUT2D eigenvalue weighted by Crippen LogP contribution is -2.23. The molecule has 0 bridgehead atoms. The SMILES string of the molecule is CC1=C(C#N)C(c2ccc(C(C)C)cc2)C(C#N)=C(C)N1. The lowest BCUT2D eigenvalue weighted by Gasteiger charge is -2.26. The van der Waals surface area contributed by atoms with Gasteiger partial charge >= 0.3 is 0 Å². The van der Waals surface area contributed by atoms with Gasteiger partial charge in [-0.05, 0) is 30.9 Å². The van der Waals surface area contributed by atoms with Crippen LogP contribution in [0.4, 0.5) is 0 Å². The summed E-state index contributed by atoms with van der Waals surface area (Å²) in [7, 11) is 0. The van der Waals surface area contributed by atoms with Crippen molar-refractivity contribution in [1.29, 1.82) is 10.5 Å². The Morgan fingerprint density at radius 2 is 1.43 bits per heavy atom. The topological polar surface area (TPSA) is 59.6 Å². The average molecular weight is 277 g/mol. The highest BCUT2D eigenvalue weighted by Gasteiger charge is 2.29. The number of dihydropyridines is 1. The molecule has 0 aromatic heterocycles. The van der Waals surface area contributed by atoms with Crippen molar-refractivity contribution < 1.29 is 0 Å². The molecule has 2 rings (SSSR count). The van der Waals surface area contributed by atoms with Gasteiger partial charge < -0.3 is 5.32 Å². The monoisotopic (exact) mass is 277 g/mol. The van der Waals surface area contributed by atoms with Crippen LogP contribution >= 0.6 is 0 Å². The molecule has 0 saturated heterocycles. The standard InChI is InChI=1S/C18H19N3/c1-11(2)14-5-7-15(8-6-14)18-16(9-19)12(3)21-13(4)17(18)10-20/h5-8,11,18,21H,1-4H3. The van der Waals surface area contributed by atoms with Gasteiger partial charge in [0.05, 0.1) is 29.2 Å². The molecule has 0 saturated carbocycles. The minimum atomic E-state index is -0.262. The molecule has 0 aliphatic carbocycles. The first-order valence-corrected chi connectivity index (χ1v) is 7.08. The number of rotatable bonds is 2. The molecule has 106 valence electrons. The molecule has 0 radical (unpaired) electrons. The zero-order valence-electron chi connectivity index (χ0n) is 12.9. The van der Waals surface area contributed by atoms with Crippen LogP contribution in [0.15, 0.2) is 46.8 Å². The van der Waals surface area contributed by atoms with Gasteiger partial charge in [-0.2, -0.15) is 10.5 Å². The molecule has 0 amide bonds. The van der Waals surface area contributed by atoms with Crippen molar-refractivity contribution in [3.63, 3.8) is 0 Å². The van der Waals surface area contributed by atoms with E-state index in [4.69, 9.17) is 0 Å². The molecule has 21 heavy (non-hydrogen) atoms. The first-order valence-electron chi connectivity index (χ1n) is 7.08. The highest BCUT2D eigenvalue weighted by molar-refractivity contribution is 5.55. The van der Waals surface area contributed by atoms with Gasteiger partial charge in [0, 0.05) is 11.4 Å². The predicted molar refractivity (Wildman–Crippen MR) is 83.0 cm³/mol. The predicted octanol–water partition coefficient (Wildman–Crippen LogP) is 4.09. The van der Waals surface area contributed by atoms with Crippen LogP contribution in [0.5, 0.6) is 0 Å². The van der Waals surface area contributed by atoms with Crippen molar-refractivity contribution in [3.8, 4) is 12.1 Å². The fourth-order valence-electron chi connectivity index (χ4n) is 2.70. The fraction of sp³-hybridized carbons (Fsp3) is 0.333. The van der Waals surface area contributed by atoms with Crippen molar-refractivity contribution in [2.45, 2.75) is 39.5 Å². The van der Waals surface area contributed by atoms with Crippen molar-refractivity contribution >= 4 is 0 Å². The number of nitrogens with zero attached hydrogens (tertiary/aromatic N) is 2. The van der Waals surface area contributed by atoms with Gasteiger partial charge in [0.25, 0.3) is 0 Å². The minimum Gasteiger partial charge on any atom is -0.361 e. The number of hydrogen-bond acceptors (Lipinski definition) is 3. The molecule has 1 aromatic rings. The van der Waals surface area contributed by atoms with Gasteiger partial charge in [-0.15, -0.1) is 0 Å². The molecule has 0 atom stereocenters. The molecule has 1 aliphatic rings. The van der Waals surface area contributed by atoms with E-state index < -0.39 is 0 Å². The van der Waals surface area contributed by atoms with Gasteiger partial charge in [0.1, 0.15) is 0 Å².